The van der Waals surface area contributed by atoms with Crippen molar-refractivity contribution in [1.29, 1.82) is 0 Å². The molecule has 0 bridgehead atoms. The Labute approximate surface area is 106 Å². The number of rotatable bonds is 5. The molecule has 0 aliphatic rings. The first-order valence-corrected chi connectivity index (χ1v) is 6.91. The van der Waals surface area contributed by atoms with E-state index in [1.54, 1.807) is 6.92 Å². The number of sulfonamides is 1. The molecule has 0 aliphatic carbocycles. The second-order valence-corrected chi connectivity index (χ2v) is 5.67. The van der Waals surface area contributed by atoms with Gasteiger partial charge >= 0.3 is 5.97 Å². The van der Waals surface area contributed by atoms with Crippen LogP contribution in [0, 0.1) is 0 Å². The normalized spacial score (nSPS) is 13.2. The SMILES string of the molecule is CCC(C)NS(=O)(=O)c1cc(N)ccc1C(=O)O. The molecule has 0 spiro atoms. The van der Waals surface area contributed by atoms with Crippen molar-refractivity contribution in [1.82, 2.24) is 4.72 Å². The number of nitrogens with one attached hydrogen (secondary N) is 1. The van der Waals surface area contributed by atoms with Gasteiger partial charge in [-0.15, -0.1) is 0 Å². The molecular formula is C11H16N2O4S. The summed E-state index contributed by atoms with van der Waals surface area (Å²) in [5.41, 5.74) is 5.41. The van der Waals surface area contributed by atoms with Gasteiger partial charge in [0.25, 0.3) is 0 Å². The second kappa shape index (κ2) is 5.36. The van der Waals surface area contributed by atoms with Gasteiger partial charge in [0, 0.05) is 11.7 Å². The number of hydrogen-bond donors (Lipinski definition) is 3. The van der Waals surface area contributed by atoms with Crippen LogP contribution >= 0.6 is 0 Å². The van der Waals surface area contributed by atoms with E-state index in [2.05, 4.69) is 4.72 Å². The number of benzene rings is 1. The van der Waals surface area contributed by atoms with Gasteiger partial charge in [0.2, 0.25) is 10.0 Å². The third-order valence-corrected chi connectivity index (χ3v) is 4.12. The number of nitrogens with two attached hydrogens (primary N) is 1. The fourth-order valence-corrected chi connectivity index (χ4v) is 2.91. The van der Waals surface area contributed by atoms with Gasteiger partial charge in [0.05, 0.1) is 10.5 Å². The smallest absolute Gasteiger partial charge is 0.337 e. The summed E-state index contributed by atoms with van der Waals surface area (Å²) < 4.78 is 26.5. The van der Waals surface area contributed by atoms with Crippen LogP contribution in [0.4, 0.5) is 5.69 Å². The lowest BCUT2D eigenvalue weighted by Crippen LogP contribution is -2.33. The van der Waals surface area contributed by atoms with E-state index in [9.17, 15) is 13.2 Å². The lowest BCUT2D eigenvalue weighted by Gasteiger charge is -2.14. The van der Waals surface area contributed by atoms with Crippen molar-refractivity contribution in [2.75, 3.05) is 5.73 Å². The van der Waals surface area contributed by atoms with Gasteiger partial charge in [-0.3, -0.25) is 0 Å². The molecule has 7 heteroatoms. The van der Waals surface area contributed by atoms with E-state index in [4.69, 9.17) is 10.8 Å². The molecule has 0 radical (unpaired) electrons. The fraction of sp³-hybridized carbons (Fsp3) is 0.364. The zero-order chi connectivity index (χ0) is 13.9. The first-order chi connectivity index (χ1) is 8.27. The Kier molecular flexibility index (Phi) is 4.31. The Bertz CT molecular complexity index is 554. The van der Waals surface area contributed by atoms with E-state index in [-0.39, 0.29) is 22.2 Å². The van der Waals surface area contributed by atoms with Crippen LogP contribution < -0.4 is 10.5 Å². The van der Waals surface area contributed by atoms with Gasteiger partial charge in [-0.2, -0.15) is 0 Å². The highest BCUT2D eigenvalue weighted by atomic mass is 32.2. The van der Waals surface area contributed by atoms with Crippen molar-refractivity contribution in [3.8, 4) is 0 Å². The Morgan fingerprint density at radius 2 is 2.11 bits per heavy atom. The van der Waals surface area contributed by atoms with E-state index < -0.39 is 16.0 Å². The molecule has 0 aromatic heterocycles. The molecule has 18 heavy (non-hydrogen) atoms. The first-order valence-electron chi connectivity index (χ1n) is 5.43. The van der Waals surface area contributed by atoms with Crippen LogP contribution in [0.5, 0.6) is 0 Å². The van der Waals surface area contributed by atoms with Crippen LogP contribution in [0.1, 0.15) is 30.6 Å². The number of hydrogen-bond acceptors (Lipinski definition) is 4. The number of carbonyl (C=O) groups is 1. The summed E-state index contributed by atoms with van der Waals surface area (Å²) in [5.74, 6) is -1.31. The second-order valence-electron chi connectivity index (χ2n) is 3.99. The van der Waals surface area contributed by atoms with E-state index in [0.717, 1.165) is 6.07 Å². The highest BCUT2D eigenvalue weighted by Gasteiger charge is 2.23. The summed E-state index contributed by atoms with van der Waals surface area (Å²) in [4.78, 5) is 10.7. The zero-order valence-corrected chi connectivity index (χ0v) is 11.0. The van der Waals surface area contributed by atoms with Crippen molar-refractivity contribution < 1.29 is 18.3 Å². The molecule has 100 valence electrons. The summed E-state index contributed by atoms with van der Waals surface area (Å²) in [7, 11) is -3.88. The summed E-state index contributed by atoms with van der Waals surface area (Å²) >= 11 is 0. The Balaban J connectivity index is 3.30. The van der Waals surface area contributed by atoms with E-state index >= 15 is 0 Å². The molecule has 1 aromatic carbocycles. The standard InChI is InChI=1S/C11H16N2O4S/c1-3-7(2)13-18(16,17)10-6-8(12)4-5-9(10)11(14)15/h4-7,13H,3,12H2,1-2H3,(H,14,15). The van der Waals surface area contributed by atoms with Gasteiger partial charge in [0.15, 0.2) is 0 Å². The maximum Gasteiger partial charge on any atom is 0.337 e. The van der Waals surface area contributed by atoms with Crippen LogP contribution in [0.25, 0.3) is 0 Å². The van der Waals surface area contributed by atoms with Gasteiger partial charge in [-0.1, -0.05) is 6.92 Å². The molecule has 0 heterocycles. The van der Waals surface area contributed by atoms with Gasteiger partial charge < -0.3 is 10.8 Å². The number of anilines is 1. The van der Waals surface area contributed by atoms with Gasteiger partial charge in [-0.05, 0) is 31.5 Å². The quantitative estimate of drug-likeness (QED) is 0.694. The highest BCUT2D eigenvalue weighted by molar-refractivity contribution is 7.89. The van der Waals surface area contributed by atoms with Crippen molar-refractivity contribution in [2.45, 2.75) is 31.2 Å². The van der Waals surface area contributed by atoms with Crippen molar-refractivity contribution in [3.63, 3.8) is 0 Å². The molecule has 1 atom stereocenters. The maximum atomic E-state index is 12.0. The molecule has 1 unspecified atom stereocenters. The summed E-state index contributed by atoms with van der Waals surface area (Å²) in [6, 6.07) is 3.40. The van der Waals surface area contributed by atoms with E-state index in [0.29, 0.717) is 6.42 Å². The summed E-state index contributed by atoms with van der Waals surface area (Å²) in [6.07, 6.45) is 0.601. The predicted octanol–water partition coefficient (Wildman–Crippen LogP) is 1.04. The molecule has 0 amide bonds. The number of carboxylic acid groups (broad SMARTS) is 1. The molecule has 6 nitrogen and oxygen atoms in total. The maximum absolute atomic E-state index is 12.0. The monoisotopic (exact) mass is 272 g/mol. The molecule has 4 N–H and O–H groups in total. The lowest BCUT2D eigenvalue weighted by atomic mass is 10.2. The van der Waals surface area contributed by atoms with Crippen LogP contribution in [0.2, 0.25) is 0 Å². The molecule has 0 fully saturated rings. The van der Waals surface area contributed by atoms with Crippen molar-refractivity contribution in [3.05, 3.63) is 23.8 Å². The minimum Gasteiger partial charge on any atom is -0.478 e. The van der Waals surface area contributed by atoms with Gasteiger partial charge in [-0.25, -0.2) is 17.9 Å². The van der Waals surface area contributed by atoms with Crippen LogP contribution in [-0.4, -0.2) is 25.5 Å². The number of aromatic carboxylic acids is 1. The van der Waals surface area contributed by atoms with Crippen LogP contribution in [-0.2, 0) is 10.0 Å². The Morgan fingerprint density at radius 3 is 2.61 bits per heavy atom. The zero-order valence-electron chi connectivity index (χ0n) is 10.2. The Hall–Kier alpha value is -1.60. The Morgan fingerprint density at radius 1 is 1.50 bits per heavy atom. The first kappa shape index (κ1) is 14.5. The third-order valence-electron chi connectivity index (χ3n) is 2.49. The molecule has 1 rings (SSSR count). The molecule has 0 saturated heterocycles. The van der Waals surface area contributed by atoms with Crippen molar-refractivity contribution in [2.24, 2.45) is 0 Å². The highest BCUT2D eigenvalue weighted by Crippen LogP contribution is 2.19. The van der Waals surface area contributed by atoms with Crippen LogP contribution in [0.15, 0.2) is 23.1 Å². The minimum absolute atomic E-state index is 0.199. The topological polar surface area (TPSA) is 109 Å². The fourth-order valence-electron chi connectivity index (χ4n) is 1.35. The van der Waals surface area contributed by atoms with Gasteiger partial charge in [0.1, 0.15) is 0 Å². The van der Waals surface area contributed by atoms with Crippen LogP contribution in [0.3, 0.4) is 0 Å². The minimum atomic E-state index is -3.88. The summed E-state index contributed by atoms with van der Waals surface area (Å²) in [6.45, 7) is 3.52. The van der Waals surface area contributed by atoms with E-state index in [1.165, 1.54) is 12.1 Å². The lowest BCUT2D eigenvalue weighted by molar-refractivity contribution is 0.0692. The number of carboxylic acids is 1. The third kappa shape index (κ3) is 3.21. The van der Waals surface area contributed by atoms with Crippen molar-refractivity contribution >= 4 is 21.7 Å². The molecule has 0 saturated carbocycles. The summed E-state index contributed by atoms with van der Waals surface area (Å²) in [5, 5.41) is 8.98. The average Bonchev–Trinajstić information content (AvgIpc) is 2.27. The molecule has 0 aliphatic heterocycles. The van der Waals surface area contributed by atoms with E-state index in [1.807, 2.05) is 6.92 Å². The predicted molar refractivity (Wildman–Crippen MR) is 67.9 cm³/mol. The molecule has 1 aromatic rings. The largest absolute Gasteiger partial charge is 0.478 e. The number of nitrogen functional groups attached to an aromatic ring is 1. The average molecular weight is 272 g/mol. The molecular weight excluding hydrogens is 256 g/mol.